The highest BCUT2D eigenvalue weighted by atomic mass is 32.2. The molecule has 3 aromatic carbocycles. The molecular formula is C25H20F2N2O5S. The molecular weight excluding hydrogens is 478 g/mol. The summed E-state index contributed by atoms with van der Waals surface area (Å²) < 4.78 is 49.9. The van der Waals surface area contributed by atoms with E-state index in [4.69, 9.17) is 5.14 Å². The molecule has 7 nitrogen and oxygen atoms in total. The van der Waals surface area contributed by atoms with Crippen LogP contribution in [-0.2, 0) is 26.0 Å². The first-order valence-electron chi connectivity index (χ1n) is 10.5. The van der Waals surface area contributed by atoms with Crippen LogP contribution >= 0.6 is 0 Å². The number of likely N-dealkylation sites (tertiary alicyclic amines) is 1. The number of sulfonamides is 1. The minimum absolute atomic E-state index is 0.0432. The van der Waals surface area contributed by atoms with Crippen LogP contribution in [0.3, 0.4) is 0 Å². The second-order valence-electron chi connectivity index (χ2n) is 7.99. The number of carbonyl (C=O) groups is 2. The minimum Gasteiger partial charge on any atom is -0.507 e. The lowest BCUT2D eigenvalue weighted by molar-refractivity contribution is -0.139. The van der Waals surface area contributed by atoms with Gasteiger partial charge in [0.15, 0.2) is 0 Å². The van der Waals surface area contributed by atoms with Crippen molar-refractivity contribution < 1.29 is 31.9 Å². The maximum Gasteiger partial charge on any atom is 0.295 e. The molecule has 0 aromatic heterocycles. The van der Waals surface area contributed by atoms with Crippen LogP contribution in [0.2, 0.25) is 0 Å². The van der Waals surface area contributed by atoms with Crippen LogP contribution < -0.4 is 5.14 Å². The van der Waals surface area contributed by atoms with Crippen molar-refractivity contribution in [3.05, 3.63) is 107 Å². The lowest BCUT2D eigenvalue weighted by Crippen LogP contribution is -2.31. The van der Waals surface area contributed by atoms with Gasteiger partial charge in [-0.25, -0.2) is 22.3 Å². The van der Waals surface area contributed by atoms with Crippen LogP contribution in [0.1, 0.15) is 22.7 Å². The summed E-state index contributed by atoms with van der Waals surface area (Å²) in [5, 5.41) is 16.0. The minimum atomic E-state index is -3.86. The number of primary sulfonamides is 1. The smallest absolute Gasteiger partial charge is 0.295 e. The summed E-state index contributed by atoms with van der Waals surface area (Å²) in [6, 6.07) is 14.7. The van der Waals surface area contributed by atoms with Gasteiger partial charge in [-0.2, -0.15) is 0 Å². The molecule has 0 spiro atoms. The van der Waals surface area contributed by atoms with E-state index in [0.717, 1.165) is 12.1 Å². The van der Waals surface area contributed by atoms with Crippen LogP contribution in [-0.4, -0.2) is 36.7 Å². The normalized spacial score (nSPS) is 17.7. The predicted molar refractivity (Wildman–Crippen MR) is 123 cm³/mol. The van der Waals surface area contributed by atoms with Crippen LogP contribution in [0.15, 0.2) is 83.3 Å². The van der Waals surface area contributed by atoms with Crippen molar-refractivity contribution >= 4 is 27.5 Å². The maximum atomic E-state index is 13.6. The van der Waals surface area contributed by atoms with Gasteiger partial charge in [-0.3, -0.25) is 9.59 Å². The summed E-state index contributed by atoms with van der Waals surface area (Å²) >= 11 is 0. The summed E-state index contributed by atoms with van der Waals surface area (Å²) in [4.78, 5) is 27.1. The van der Waals surface area contributed by atoms with Crippen LogP contribution in [0, 0.1) is 11.6 Å². The Hall–Kier alpha value is -3.89. The summed E-state index contributed by atoms with van der Waals surface area (Å²) in [5.74, 6) is -3.31. The van der Waals surface area contributed by atoms with Crippen LogP contribution in [0.5, 0.6) is 0 Å². The van der Waals surface area contributed by atoms with Gasteiger partial charge in [0, 0.05) is 12.1 Å². The Bertz CT molecular complexity index is 1420. The maximum absolute atomic E-state index is 13.6. The van der Waals surface area contributed by atoms with Crippen molar-refractivity contribution in [3.8, 4) is 0 Å². The van der Waals surface area contributed by atoms with Gasteiger partial charge in [-0.1, -0.05) is 24.3 Å². The average molecular weight is 499 g/mol. The molecule has 0 radical (unpaired) electrons. The van der Waals surface area contributed by atoms with E-state index in [0.29, 0.717) is 11.1 Å². The molecule has 1 fully saturated rings. The number of hydrogen-bond acceptors (Lipinski definition) is 5. The van der Waals surface area contributed by atoms with Crippen LogP contribution in [0.4, 0.5) is 8.78 Å². The Labute approximate surface area is 200 Å². The Morgan fingerprint density at radius 1 is 0.886 bits per heavy atom. The monoisotopic (exact) mass is 498 g/mol. The molecule has 1 aliphatic heterocycles. The molecule has 10 heteroatoms. The molecule has 1 amide bonds. The standard InChI is InChI=1S/C25H20F2N2O5S/c26-18-7-3-16(4-8-18)22-21(23(30)17-5-9-19(27)10-6-17)24(31)25(32)29(22)14-13-15-1-11-20(12-2-15)35(28,33)34/h1-12,22,30H,13-14H2,(H2,28,33,34)/t22-/m1/s1. The first-order chi connectivity index (χ1) is 16.6. The third kappa shape index (κ3) is 4.98. The van der Waals surface area contributed by atoms with Crippen molar-refractivity contribution in [2.24, 2.45) is 5.14 Å². The number of halogens is 2. The van der Waals surface area contributed by atoms with E-state index in [2.05, 4.69) is 0 Å². The molecule has 0 aliphatic carbocycles. The van der Waals surface area contributed by atoms with Gasteiger partial charge in [0.25, 0.3) is 11.7 Å². The lowest BCUT2D eigenvalue weighted by atomic mass is 9.95. The number of amides is 1. The van der Waals surface area contributed by atoms with Crippen molar-refractivity contribution in [1.29, 1.82) is 0 Å². The van der Waals surface area contributed by atoms with E-state index in [1.807, 2.05) is 0 Å². The number of aliphatic hydroxyl groups excluding tert-OH is 1. The van der Waals surface area contributed by atoms with Gasteiger partial charge < -0.3 is 10.0 Å². The molecule has 1 atom stereocenters. The molecule has 0 unspecified atom stereocenters. The summed E-state index contributed by atoms with van der Waals surface area (Å²) in [6.07, 6.45) is 0.256. The highest BCUT2D eigenvalue weighted by molar-refractivity contribution is 7.89. The van der Waals surface area contributed by atoms with E-state index in [1.165, 1.54) is 53.4 Å². The fourth-order valence-electron chi connectivity index (χ4n) is 3.96. The topological polar surface area (TPSA) is 118 Å². The van der Waals surface area contributed by atoms with E-state index < -0.39 is 45.1 Å². The number of Topliss-reactive ketones (excluding diaryl/α,β-unsaturated/α-hetero) is 1. The average Bonchev–Trinajstić information content (AvgIpc) is 3.08. The molecule has 1 heterocycles. The second kappa shape index (κ2) is 9.40. The SMILES string of the molecule is NS(=O)(=O)c1ccc(CCN2C(=O)C(=O)C(=C(O)c3ccc(F)cc3)[C@H]2c2ccc(F)cc2)cc1. The lowest BCUT2D eigenvalue weighted by Gasteiger charge is -2.25. The van der Waals surface area contributed by atoms with Crippen molar-refractivity contribution in [3.63, 3.8) is 0 Å². The molecule has 3 aromatic rings. The molecule has 35 heavy (non-hydrogen) atoms. The summed E-state index contributed by atoms with van der Waals surface area (Å²) in [7, 11) is -3.86. The number of aliphatic hydroxyl groups is 1. The van der Waals surface area contributed by atoms with Gasteiger partial charge in [0.1, 0.15) is 17.4 Å². The van der Waals surface area contributed by atoms with E-state index in [9.17, 15) is 31.9 Å². The van der Waals surface area contributed by atoms with Gasteiger partial charge >= 0.3 is 0 Å². The van der Waals surface area contributed by atoms with E-state index >= 15 is 0 Å². The number of carbonyl (C=O) groups excluding carboxylic acids is 2. The first kappa shape index (κ1) is 24.2. The second-order valence-corrected chi connectivity index (χ2v) is 9.55. The van der Waals surface area contributed by atoms with Gasteiger partial charge in [0.2, 0.25) is 10.0 Å². The number of ketones is 1. The third-order valence-corrected chi connectivity index (χ3v) is 6.67. The van der Waals surface area contributed by atoms with E-state index in [-0.39, 0.29) is 29.0 Å². The Balaban J connectivity index is 1.72. The fourth-order valence-corrected chi connectivity index (χ4v) is 4.48. The molecule has 3 N–H and O–H groups in total. The fraction of sp³-hybridized carbons (Fsp3) is 0.120. The highest BCUT2D eigenvalue weighted by Gasteiger charge is 2.45. The quantitative estimate of drug-likeness (QED) is 0.307. The molecule has 1 aliphatic rings. The number of rotatable bonds is 6. The molecule has 180 valence electrons. The number of nitrogens with zero attached hydrogens (tertiary/aromatic N) is 1. The van der Waals surface area contributed by atoms with Crippen molar-refractivity contribution in [2.75, 3.05) is 6.54 Å². The molecule has 1 saturated heterocycles. The Kier molecular flexibility index (Phi) is 6.51. The highest BCUT2D eigenvalue weighted by Crippen LogP contribution is 2.39. The largest absolute Gasteiger partial charge is 0.507 e. The zero-order chi connectivity index (χ0) is 25.3. The summed E-state index contributed by atoms with van der Waals surface area (Å²) in [5.41, 5.74) is 1.03. The molecule has 0 bridgehead atoms. The number of nitrogens with two attached hydrogens (primary N) is 1. The zero-order valence-electron chi connectivity index (χ0n) is 18.2. The van der Waals surface area contributed by atoms with E-state index in [1.54, 1.807) is 12.1 Å². The molecule has 0 saturated carbocycles. The predicted octanol–water partition coefficient (Wildman–Crippen LogP) is 3.28. The van der Waals surface area contributed by atoms with Crippen molar-refractivity contribution in [2.45, 2.75) is 17.4 Å². The first-order valence-corrected chi connectivity index (χ1v) is 12.0. The summed E-state index contributed by atoms with van der Waals surface area (Å²) in [6.45, 7) is 0.0432. The van der Waals surface area contributed by atoms with Crippen molar-refractivity contribution in [1.82, 2.24) is 4.90 Å². The van der Waals surface area contributed by atoms with Gasteiger partial charge in [-0.15, -0.1) is 0 Å². The Morgan fingerprint density at radius 3 is 1.97 bits per heavy atom. The van der Waals surface area contributed by atoms with Gasteiger partial charge in [-0.05, 0) is 66.1 Å². The molecule has 4 rings (SSSR count). The zero-order valence-corrected chi connectivity index (χ0v) is 19.0. The third-order valence-electron chi connectivity index (χ3n) is 5.74. The van der Waals surface area contributed by atoms with Gasteiger partial charge in [0.05, 0.1) is 16.5 Å². The Morgan fingerprint density at radius 2 is 1.43 bits per heavy atom. The van der Waals surface area contributed by atoms with Crippen LogP contribution in [0.25, 0.3) is 5.76 Å². The number of benzene rings is 3. The number of hydrogen-bond donors (Lipinski definition) is 2.